The molecule has 0 aliphatic rings. The Kier molecular flexibility index (Phi) is 6.01. The molecule has 0 heterocycles. The van der Waals surface area contributed by atoms with Gasteiger partial charge in [-0.1, -0.05) is 81.4 Å². The third-order valence-corrected chi connectivity index (χ3v) is 4.14. The maximum atomic E-state index is 3.74. The zero-order valence-corrected chi connectivity index (χ0v) is 13.4. The van der Waals surface area contributed by atoms with Gasteiger partial charge >= 0.3 is 0 Å². The van der Waals surface area contributed by atoms with Gasteiger partial charge < -0.3 is 5.32 Å². The monoisotopic (exact) mass is 281 g/mol. The Labute approximate surface area is 129 Å². The molecule has 0 aliphatic heterocycles. The highest BCUT2D eigenvalue weighted by atomic mass is 14.9. The van der Waals surface area contributed by atoms with Crippen molar-refractivity contribution in [3.05, 3.63) is 71.8 Å². The van der Waals surface area contributed by atoms with Crippen LogP contribution in [0.1, 0.15) is 50.3 Å². The third kappa shape index (κ3) is 4.71. The molecule has 2 unspecified atom stereocenters. The molecule has 0 fully saturated rings. The van der Waals surface area contributed by atoms with E-state index in [4.69, 9.17) is 0 Å². The van der Waals surface area contributed by atoms with E-state index in [0.717, 1.165) is 6.54 Å². The standard InChI is InChI=1S/C20H27N/c1-16(2)20(19-12-8-5-9-13-19)21-15-14-17(3)18-10-6-4-7-11-18/h4-13,16-17,20-21H,14-15H2,1-3H3. The molecular weight excluding hydrogens is 254 g/mol. The molecule has 2 aromatic carbocycles. The fraction of sp³-hybridized carbons (Fsp3) is 0.400. The summed E-state index contributed by atoms with van der Waals surface area (Å²) in [4.78, 5) is 0. The molecule has 0 saturated carbocycles. The molecule has 0 spiro atoms. The van der Waals surface area contributed by atoms with Gasteiger partial charge in [0.1, 0.15) is 0 Å². The van der Waals surface area contributed by atoms with Crippen LogP contribution in [0.15, 0.2) is 60.7 Å². The second-order valence-electron chi connectivity index (χ2n) is 6.19. The summed E-state index contributed by atoms with van der Waals surface area (Å²) >= 11 is 0. The van der Waals surface area contributed by atoms with E-state index < -0.39 is 0 Å². The van der Waals surface area contributed by atoms with E-state index in [-0.39, 0.29) is 0 Å². The third-order valence-electron chi connectivity index (χ3n) is 4.14. The van der Waals surface area contributed by atoms with Gasteiger partial charge in [-0.05, 0) is 35.9 Å². The van der Waals surface area contributed by atoms with Crippen LogP contribution in [0.5, 0.6) is 0 Å². The van der Waals surface area contributed by atoms with Crippen LogP contribution in [0.25, 0.3) is 0 Å². The quantitative estimate of drug-likeness (QED) is 0.738. The molecule has 112 valence electrons. The largest absolute Gasteiger partial charge is 0.310 e. The predicted molar refractivity (Wildman–Crippen MR) is 91.5 cm³/mol. The lowest BCUT2D eigenvalue weighted by Gasteiger charge is -2.24. The Morgan fingerprint density at radius 2 is 1.29 bits per heavy atom. The average molecular weight is 281 g/mol. The van der Waals surface area contributed by atoms with Gasteiger partial charge in [-0.3, -0.25) is 0 Å². The maximum absolute atomic E-state index is 3.74. The van der Waals surface area contributed by atoms with Crippen LogP contribution in [-0.2, 0) is 0 Å². The molecule has 0 radical (unpaired) electrons. The lowest BCUT2D eigenvalue weighted by molar-refractivity contribution is 0.403. The summed E-state index contributed by atoms with van der Waals surface area (Å²) in [6.07, 6.45) is 1.17. The van der Waals surface area contributed by atoms with Gasteiger partial charge in [-0.2, -0.15) is 0 Å². The van der Waals surface area contributed by atoms with E-state index in [9.17, 15) is 0 Å². The van der Waals surface area contributed by atoms with E-state index in [1.54, 1.807) is 0 Å². The Bertz CT molecular complexity index is 504. The molecule has 0 amide bonds. The van der Waals surface area contributed by atoms with Crippen LogP contribution in [-0.4, -0.2) is 6.54 Å². The highest BCUT2D eigenvalue weighted by Crippen LogP contribution is 2.23. The molecule has 1 heteroatoms. The van der Waals surface area contributed by atoms with Gasteiger partial charge in [0.15, 0.2) is 0 Å². The summed E-state index contributed by atoms with van der Waals surface area (Å²) in [5.41, 5.74) is 2.82. The normalized spacial score (nSPS) is 14.1. The zero-order valence-electron chi connectivity index (χ0n) is 13.4. The van der Waals surface area contributed by atoms with Crippen molar-refractivity contribution in [1.29, 1.82) is 0 Å². The first-order valence-electron chi connectivity index (χ1n) is 8.01. The smallest absolute Gasteiger partial charge is 0.0343 e. The lowest BCUT2D eigenvalue weighted by atomic mass is 9.94. The molecule has 0 aliphatic carbocycles. The SMILES string of the molecule is CC(CCNC(c1ccccc1)C(C)C)c1ccccc1. The van der Waals surface area contributed by atoms with E-state index in [2.05, 4.69) is 86.8 Å². The summed E-state index contributed by atoms with van der Waals surface area (Å²) in [5.74, 6) is 1.20. The molecule has 2 rings (SSSR count). The van der Waals surface area contributed by atoms with Gasteiger partial charge in [-0.15, -0.1) is 0 Å². The van der Waals surface area contributed by atoms with Crippen molar-refractivity contribution in [2.24, 2.45) is 5.92 Å². The summed E-state index contributed by atoms with van der Waals surface area (Å²) < 4.78 is 0. The van der Waals surface area contributed by atoms with E-state index in [1.165, 1.54) is 17.5 Å². The first kappa shape index (κ1) is 15.8. The molecular formula is C20H27N. The van der Waals surface area contributed by atoms with Crippen molar-refractivity contribution in [3.8, 4) is 0 Å². The Balaban J connectivity index is 1.88. The van der Waals surface area contributed by atoms with Gasteiger partial charge in [0.05, 0.1) is 0 Å². The number of hydrogen-bond donors (Lipinski definition) is 1. The summed E-state index contributed by atoms with van der Waals surface area (Å²) in [7, 11) is 0. The van der Waals surface area contributed by atoms with Crippen molar-refractivity contribution in [2.45, 2.75) is 39.2 Å². The first-order valence-corrected chi connectivity index (χ1v) is 8.01. The molecule has 2 aromatic rings. The van der Waals surface area contributed by atoms with Crippen molar-refractivity contribution < 1.29 is 0 Å². The van der Waals surface area contributed by atoms with Crippen LogP contribution in [0.4, 0.5) is 0 Å². The molecule has 21 heavy (non-hydrogen) atoms. The molecule has 1 nitrogen and oxygen atoms in total. The van der Waals surface area contributed by atoms with Gasteiger partial charge in [0.2, 0.25) is 0 Å². The minimum absolute atomic E-state index is 0.439. The topological polar surface area (TPSA) is 12.0 Å². The second-order valence-corrected chi connectivity index (χ2v) is 6.19. The van der Waals surface area contributed by atoms with Crippen molar-refractivity contribution in [3.63, 3.8) is 0 Å². The fourth-order valence-corrected chi connectivity index (χ4v) is 2.80. The van der Waals surface area contributed by atoms with Crippen molar-refractivity contribution >= 4 is 0 Å². The van der Waals surface area contributed by atoms with E-state index in [1.807, 2.05) is 0 Å². The van der Waals surface area contributed by atoms with Gasteiger partial charge in [-0.25, -0.2) is 0 Å². The van der Waals surface area contributed by atoms with E-state index in [0.29, 0.717) is 17.9 Å². The number of rotatable bonds is 7. The Morgan fingerprint density at radius 1 is 0.762 bits per heavy atom. The highest BCUT2D eigenvalue weighted by Gasteiger charge is 2.15. The number of benzene rings is 2. The molecule has 0 saturated heterocycles. The summed E-state index contributed by atoms with van der Waals surface area (Å²) in [5, 5.41) is 3.74. The highest BCUT2D eigenvalue weighted by molar-refractivity contribution is 5.20. The predicted octanol–water partition coefficient (Wildman–Crippen LogP) is 5.17. The van der Waals surface area contributed by atoms with Crippen LogP contribution in [0.3, 0.4) is 0 Å². The number of nitrogens with one attached hydrogen (secondary N) is 1. The summed E-state index contributed by atoms with van der Waals surface area (Å²) in [6.45, 7) is 7.92. The van der Waals surface area contributed by atoms with Crippen LogP contribution < -0.4 is 5.32 Å². The van der Waals surface area contributed by atoms with Crippen molar-refractivity contribution in [2.75, 3.05) is 6.54 Å². The first-order chi connectivity index (χ1) is 10.2. The summed E-state index contributed by atoms with van der Waals surface area (Å²) in [6, 6.07) is 22.0. The zero-order chi connectivity index (χ0) is 15.1. The number of hydrogen-bond acceptors (Lipinski definition) is 1. The molecule has 2 atom stereocenters. The molecule has 0 aromatic heterocycles. The van der Waals surface area contributed by atoms with Crippen molar-refractivity contribution in [1.82, 2.24) is 5.32 Å². The lowest BCUT2D eigenvalue weighted by Crippen LogP contribution is -2.27. The maximum Gasteiger partial charge on any atom is 0.0343 e. The minimum atomic E-state index is 0.439. The van der Waals surface area contributed by atoms with Gasteiger partial charge in [0.25, 0.3) is 0 Å². The molecule has 1 N–H and O–H groups in total. The molecule has 0 bridgehead atoms. The van der Waals surface area contributed by atoms with Crippen LogP contribution in [0, 0.1) is 5.92 Å². The Morgan fingerprint density at radius 3 is 1.81 bits per heavy atom. The van der Waals surface area contributed by atoms with Gasteiger partial charge in [0, 0.05) is 6.04 Å². The fourth-order valence-electron chi connectivity index (χ4n) is 2.80. The second kappa shape index (κ2) is 7.99. The van der Waals surface area contributed by atoms with E-state index >= 15 is 0 Å². The minimum Gasteiger partial charge on any atom is -0.310 e. The Hall–Kier alpha value is -1.60. The average Bonchev–Trinajstić information content (AvgIpc) is 2.52. The van der Waals surface area contributed by atoms with Crippen LogP contribution >= 0.6 is 0 Å². The van der Waals surface area contributed by atoms with Crippen LogP contribution in [0.2, 0.25) is 0 Å².